The van der Waals surface area contributed by atoms with E-state index in [1.807, 2.05) is 0 Å². The number of nitro groups is 1. The number of hydrogen-bond donors (Lipinski definition) is 2. The third-order valence-corrected chi connectivity index (χ3v) is 3.45. The van der Waals surface area contributed by atoms with E-state index < -0.39 is 4.92 Å². The molecule has 7 nitrogen and oxygen atoms in total. The highest BCUT2D eigenvalue weighted by Crippen LogP contribution is 2.28. The molecule has 1 aromatic rings. The molecule has 0 bridgehead atoms. The van der Waals surface area contributed by atoms with E-state index in [4.69, 9.17) is 5.73 Å². The van der Waals surface area contributed by atoms with Crippen LogP contribution >= 0.6 is 0 Å². The smallest absolute Gasteiger partial charge is 0.375 e. The molecule has 1 aromatic heterocycles. The summed E-state index contributed by atoms with van der Waals surface area (Å²) < 4.78 is 0. The van der Waals surface area contributed by atoms with Crippen LogP contribution in [0.3, 0.4) is 0 Å². The van der Waals surface area contributed by atoms with Gasteiger partial charge in [0, 0.05) is 12.0 Å². The largest absolute Gasteiger partial charge is 0.386 e. The Hall–Kier alpha value is -2.18. The highest BCUT2D eigenvalue weighted by molar-refractivity contribution is 5.76. The third-order valence-electron chi connectivity index (χ3n) is 3.45. The lowest BCUT2D eigenvalue weighted by molar-refractivity contribution is -0.388. The first-order valence-electron chi connectivity index (χ1n) is 6.23. The summed E-state index contributed by atoms with van der Waals surface area (Å²) in [6, 6.07) is 3.42. The zero-order chi connectivity index (χ0) is 13.8. The maximum atomic E-state index is 11.1. The Morgan fingerprint density at radius 3 is 2.68 bits per heavy atom. The number of amides is 1. The first-order chi connectivity index (χ1) is 9.08. The Morgan fingerprint density at radius 2 is 2.11 bits per heavy atom. The number of primary amides is 1. The maximum Gasteiger partial charge on any atom is 0.386 e. The van der Waals surface area contributed by atoms with E-state index in [-0.39, 0.29) is 23.7 Å². The summed E-state index contributed by atoms with van der Waals surface area (Å²) in [6.45, 7) is 0. The fourth-order valence-electron chi connectivity index (χ4n) is 2.40. The SMILES string of the molecule is NC(=O)C1CCC(Nc2cccnc2[N+](=O)[O-])CC1. The fraction of sp³-hybridized carbons (Fsp3) is 0.500. The van der Waals surface area contributed by atoms with E-state index in [0.717, 1.165) is 25.7 Å². The average Bonchev–Trinajstić information content (AvgIpc) is 2.39. The van der Waals surface area contributed by atoms with Crippen molar-refractivity contribution in [3.05, 3.63) is 28.4 Å². The standard InChI is InChI=1S/C12H16N4O3/c13-11(17)8-3-5-9(6-4-8)15-10-2-1-7-14-12(10)16(18)19/h1-2,7-9,15H,3-6H2,(H2,13,17). The topological polar surface area (TPSA) is 111 Å². The molecule has 7 heteroatoms. The molecule has 0 aromatic carbocycles. The normalized spacial score (nSPS) is 22.7. The molecule has 0 aliphatic heterocycles. The zero-order valence-electron chi connectivity index (χ0n) is 10.4. The van der Waals surface area contributed by atoms with Gasteiger partial charge < -0.3 is 21.2 Å². The van der Waals surface area contributed by atoms with Gasteiger partial charge >= 0.3 is 5.82 Å². The van der Waals surface area contributed by atoms with E-state index in [2.05, 4.69) is 10.3 Å². The van der Waals surface area contributed by atoms with Gasteiger partial charge in [0.05, 0.1) is 0 Å². The van der Waals surface area contributed by atoms with Crippen LogP contribution in [0.25, 0.3) is 0 Å². The molecule has 1 saturated carbocycles. The van der Waals surface area contributed by atoms with Crippen molar-refractivity contribution in [2.75, 3.05) is 5.32 Å². The van der Waals surface area contributed by atoms with E-state index >= 15 is 0 Å². The van der Waals surface area contributed by atoms with Gasteiger partial charge in [0.1, 0.15) is 11.9 Å². The summed E-state index contributed by atoms with van der Waals surface area (Å²) in [6.07, 6.45) is 4.40. The first-order valence-corrected chi connectivity index (χ1v) is 6.23. The van der Waals surface area contributed by atoms with Gasteiger partial charge in [-0.25, -0.2) is 0 Å². The van der Waals surface area contributed by atoms with Crippen LogP contribution in [0.2, 0.25) is 0 Å². The molecule has 2 rings (SSSR count). The van der Waals surface area contributed by atoms with Gasteiger partial charge in [-0.05, 0) is 47.7 Å². The van der Waals surface area contributed by atoms with E-state index in [1.54, 1.807) is 12.1 Å². The van der Waals surface area contributed by atoms with Gasteiger partial charge in [-0.3, -0.25) is 4.79 Å². The lowest BCUT2D eigenvalue weighted by Crippen LogP contribution is -2.32. The van der Waals surface area contributed by atoms with Crippen molar-refractivity contribution in [3.8, 4) is 0 Å². The molecular weight excluding hydrogens is 248 g/mol. The maximum absolute atomic E-state index is 11.1. The molecular formula is C12H16N4O3. The van der Waals surface area contributed by atoms with Crippen molar-refractivity contribution in [1.29, 1.82) is 0 Å². The van der Waals surface area contributed by atoms with Gasteiger partial charge in [0.2, 0.25) is 5.91 Å². The van der Waals surface area contributed by atoms with Crippen molar-refractivity contribution in [2.45, 2.75) is 31.7 Å². The lowest BCUT2D eigenvalue weighted by atomic mass is 9.85. The molecule has 1 amide bonds. The number of carbonyl (C=O) groups excluding carboxylic acids is 1. The quantitative estimate of drug-likeness (QED) is 0.631. The zero-order valence-corrected chi connectivity index (χ0v) is 10.4. The van der Waals surface area contributed by atoms with Crippen LogP contribution in [0.1, 0.15) is 25.7 Å². The Kier molecular flexibility index (Phi) is 3.94. The van der Waals surface area contributed by atoms with Crippen LogP contribution < -0.4 is 11.1 Å². The number of nitrogens with two attached hydrogens (primary N) is 1. The van der Waals surface area contributed by atoms with Crippen LogP contribution in [0.15, 0.2) is 18.3 Å². The van der Waals surface area contributed by atoms with E-state index in [0.29, 0.717) is 5.69 Å². The van der Waals surface area contributed by atoms with Crippen LogP contribution in [-0.4, -0.2) is 21.9 Å². The Balaban J connectivity index is 2.00. The predicted octanol–water partition coefficient (Wildman–Crippen LogP) is 1.45. The lowest BCUT2D eigenvalue weighted by Gasteiger charge is -2.27. The van der Waals surface area contributed by atoms with E-state index in [9.17, 15) is 14.9 Å². The predicted molar refractivity (Wildman–Crippen MR) is 69.5 cm³/mol. The fourth-order valence-corrected chi connectivity index (χ4v) is 2.40. The molecule has 102 valence electrons. The first kappa shape index (κ1) is 13.3. The molecule has 0 unspecified atom stereocenters. The van der Waals surface area contributed by atoms with Gasteiger partial charge in [-0.1, -0.05) is 0 Å². The number of rotatable bonds is 4. The number of nitrogens with one attached hydrogen (secondary N) is 1. The highest BCUT2D eigenvalue weighted by Gasteiger charge is 2.26. The monoisotopic (exact) mass is 264 g/mol. The summed E-state index contributed by atoms with van der Waals surface area (Å²) in [5, 5.41) is 14.0. The molecule has 1 aliphatic rings. The highest BCUT2D eigenvalue weighted by atomic mass is 16.6. The number of carbonyl (C=O) groups is 1. The summed E-state index contributed by atoms with van der Waals surface area (Å²) in [5.74, 6) is -0.493. The molecule has 1 heterocycles. The summed E-state index contributed by atoms with van der Waals surface area (Å²) in [5.41, 5.74) is 5.70. The Labute approximate surface area is 110 Å². The molecule has 3 N–H and O–H groups in total. The average molecular weight is 264 g/mol. The van der Waals surface area contributed by atoms with Crippen molar-refractivity contribution in [3.63, 3.8) is 0 Å². The summed E-state index contributed by atoms with van der Waals surface area (Å²) in [7, 11) is 0. The van der Waals surface area contributed by atoms with Crippen LogP contribution in [0, 0.1) is 16.0 Å². The third kappa shape index (κ3) is 3.18. The molecule has 1 fully saturated rings. The van der Waals surface area contributed by atoms with Crippen molar-refractivity contribution < 1.29 is 9.72 Å². The molecule has 0 saturated heterocycles. The molecule has 0 spiro atoms. The van der Waals surface area contributed by atoms with Crippen LogP contribution in [0.5, 0.6) is 0 Å². The molecule has 19 heavy (non-hydrogen) atoms. The second kappa shape index (κ2) is 5.64. The second-order valence-corrected chi connectivity index (χ2v) is 4.73. The summed E-state index contributed by atoms with van der Waals surface area (Å²) in [4.78, 5) is 25.2. The minimum atomic E-state index is -0.503. The summed E-state index contributed by atoms with van der Waals surface area (Å²) >= 11 is 0. The van der Waals surface area contributed by atoms with E-state index in [1.165, 1.54) is 6.20 Å². The van der Waals surface area contributed by atoms with Gasteiger partial charge in [-0.15, -0.1) is 0 Å². The van der Waals surface area contributed by atoms with Crippen molar-refractivity contribution >= 4 is 17.4 Å². The molecule has 1 aliphatic carbocycles. The van der Waals surface area contributed by atoms with Gasteiger partial charge in [-0.2, -0.15) is 0 Å². The minimum absolute atomic E-state index is 0.0677. The Bertz CT molecular complexity index is 484. The van der Waals surface area contributed by atoms with Gasteiger partial charge in [0.15, 0.2) is 0 Å². The number of hydrogen-bond acceptors (Lipinski definition) is 5. The van der Waals surface area contributed by atoms with Crippen molar-refractivity contribution in [1.82, 2.24) is 4.98 Å². The van der Waals surface area contributed by atoms with Gasteiger partial charge in [0.25, 0.3) is 0 Å². The minimum Gasteiger partial charge on any atom is -0.375 e. The Morgan fingerprint density at radius 1 is 1.42 bits per heavy atom. The number of aromatic nitrogens is 1. The number of nitrogens with zero attached hydrogens (tertiary/aromatic N) is 2. The number of pyridine rings is 1. The van der Waals surface area contributed by atoms with Crippen LogP contribution in [0.4, 0.5) is 11.5 Å². The van der Waals surface area contributed by atoms with Crippen molar-refractivity contribution in [2.24, 2.45) is 11.7 Å². The molecule has 0 radical (unpaired) electrons. The second-order valence-electron chi connectivity index (χ2n) is 4.73. The molecule has 0 atom stereocenters. The van der Waals surface area contributed by atoms with Crippen LogP contribution in [-0.2, 0) is 4.79 Å². The number of anilines is 1.